The topological polar surface area (TPSA) is 153 Å². The van der Waals surface area contributed by atoms with E-state index in [2.05, 4.69) is 22.4 Å². The standard InChI is InChI=1S/C25H21N5O3S/c1-2-15-6-8-16(9-7-15)22-19(13-26)23(28)30-24(20(22)14-27)34-11-10-21(31)29-18-5-3-4-17(12-18)25(32)33/h3-9,12H,2,10-11H2,1H3,(H2,28,30)(H,29,31)(H,32,33). The number of aromatic nitrogens is 1. The highest BCUT2D eigenvalue weighted by Crippen LogP contribution is 2.36. The average molecular weight is 472 g/mol. The van der Waals surface area contributed by atoms with Crippen molar-refractivity contribution in [3.8, 4) is 23.3 Å². The van der Waals surface area contributed by atoms with Gasteiger partial charge in [-0.2, -0.15) is 10.5 Å². The predicted octanol–water partition coefficient (Wildman–Crippen LogP) is 4.46. The van der Waals surface area contributed by atoms with E-state index in [1.165, 1.54) is 23.9 Å². The van der Waals surface area contributed by atoms with E-state index < -0.39 is 5.97 Å². The van der Waals surface area contributed by atoms with Gasteiger partial charge in [-0.25, -0.2) is 9.78 Å². The summed E-state index contributed by atoms with van der Waals surface area (Å²) in [5.41, 5.74) is 9.10. The second kappa shape index (κ2) is 11.0. The lowest BCUT2D eigenvalue weighted by molar-refractivity contribution is -0.115. The molecule has 0 atom stereocenters. The molecule has 170 valence electrons. The molecule has 2 aromatic carbocycles. The van der Waals surface area contributed by atoms with Crippen LogP contribution in [-0.2, 0) is 11.2 Å². The molecule has 3 rings (SSSR count). The third kappa shape index (κ3) is 5.52. The Balaban J connectivity index is 1.79. The molecule has 9 heteroatoms. The number of nitrogens with zero attached hydrogens (tertiary/aromatic N) is 3. The fourth-order valence-electron chi connectivity index (χ4n) is 3.29. The van der Waals surface area contributed by atoms with Crippen LogP contribution in [0, 0.1) is 22.7 Å². The molecule has 4 N–H and O–H groups in total. The highest BCUT2D eigenvalue weighted by atomic mass is 32.2. The molecule has 0 saturated carbocycles. The Morgan fingerprint density at radius 1 is 1.12 bits per heavy atom. The van der Waals surface area contributed by atoms with Crippen molar-refractivity contribution in [2.75, 3.05) is 16.8 Å². The second-order valence-corrected chi connectivity index (χ2v) is 8.32. The first-order chi connectivity index (χ1) is 16.4. The zero-order valence-corrected chi connectivity index (χ0v) is 19.1. The number of benzene rings is 2. The smallest absolute Gasteiger partial charge is 0.335 e. The number of amides is 1. The van der Waals surface area contributed by atoms with Crippen molar-refractivity contribution in [1.29, 1.82) is 10.5 Å². The summed E-state index contributed by atoms with van der Waals surface area (Å²) in [7, 11) is 0. The zero-order chi connectivity index (χ0) is 24.7. The van der Waals surface area contributed by atoms with Gasteiger partial charge in [-0.1, -0.05) is 37.3 Å². The number of nitriles is 2. The Hall–Kier alpha value is -4.34. The quantitative estimate of drug-likeness (QED) is 0.407. The van der Waals surface area contributed by atoms with Crippen LogP contribution in [0.1, 0.15) is 40.4 Å². The number of rotatable bonds is 8. The molecule has 0 unspecified atom stereocenters. The van der Waals surface area contributed by atoms with Crippen molar-refractivity contribution < 1.29 is 14.7 Å². The number of nitrogens with one attached hydrogen (secondary N) is 1. The van der Waals surface area contributed by atoms with Gasteiger partial charge in [0.25, 0.3) is 0 Å². The molecular formula is C25H21N5O3S. The first-order valence-corrected chi connectivity index (χ1v) is 11.4. The highest BCUT2D eigenvalue weighted by molar-refractivity contribution is 7.99. The molecule has 0 bridgehead atoms. The van der Waals surface area contributed by atoms with Crippen molar-refractivity contribution in [3.63, 3.8) is 0 Å². The van der Waals surface area contributed by atoms with Crippen LogP contribution in [0.3, 0.4) is 0 Å². The van der Waals surface area contributed by atoms with Gasteiger partial charge in [-0.15, -0.1) is 11.8 Å². The van der Waals surface area contributed by atoms with Gasteiger partial charge in [0, 0.05) is 23.4 Å². The van der Waals surface area contributed by atoms with Gasteiger partial charge in [0.05, 0.1) is 11.1 Å². The summed E-state index contributed by atoms with van der Waals surface area (Å²) in [6.45, 7) is 2.04. The van der Waals surface area contributed by atoms with Gasteiger partial charge in [0.2, 0.25) is 5.91 Å². The third-order valence-corrected chi connectivity index (χ3v) is 6.00. The lowest BCUT2D eigenvalue weighted by Crippen LogP contribution is -2.13. The van der Waals surface area contributed by atoms with E-state index in [0.29, 0.717) is 27.6 Å². The zero-order valence-electron chi connectivity index (χ0n) is 18.3. The largest absolute Gasteiger partial charge is 0.478 e. The van der Waals surface area contributed by atoms with Crippen LogP contribution in [0.5, 0.6) is 0 Å². The fourth-order valence-corrected chi connectivity index (χ4v) is 4.23. The number of nitrogen functional groups attached to an aromatic ring is 1. The van der Waals surface area contributed by atoms with Crippen LogP contribution >= 0.6 is 11.8 Å². The predicted molar refractivity (Wildman–Crippen MR) is 130 cm³/mol. The average Bonchev–Trinajstić information content (AvgIpc) is 2.83. The molecule has 1 aromatic heterocycles. The van der Waals surface area contributed by atoms with Crippen LogP contribution in [0.25, 0.3) is 11.1 Å². The second-order valence-electron chi connectivity index (χ2n) is 7.23. The summed E-state index contributed by atoms with van der Waals surface area (Å²) < 4.78 is 0. The summed E-state index contributed by atoms with van der Waals surface area (Å²) in [5.74, 6) is -1.08. The Bertz CT molecular complexity index is 1320. The van der Waals surface area contributed by atoms with E-state index in [0.717, 1.165) is 12.0 Å². The van der Waals surface area contributed by atoms with E-state index >= 15 is 0 Å². The van der Waals surface area contributed by atoms with Gasteiger partial charge in [0.1, 0.15) is 28.5 Å². The van der Waals surface area contributed by atoms with Crippen molar-refractivity contribution in [2.24, 2.45) is 0 Å². The van der Waals surface area contributed by atoms with E-state index in [1.807, 2.05) is 31.2 Å². The van der Waals surface area contributed by atoms with Gasteiger partial charge in [0.15, 0.2) is 0 Å². The number of carbonyl (C=O) groups is 2. The normalized spacial score (nSPS) is 10.2. The highest BCUT2D eigenvalue weighted by Gasteiger charge is 2.20. The van der Waals surface area contributed by atoms with E-state index in [-0.39, 0.29) is 34.8 Å². The van der Waals surface area contributed by atoms with Gasteiger partial charge in [-0.3, -0.25) is 4.79 Å². The van der Waals surface area contributed by atoms with Crippen molar-refractivity contribution >= 4 is 35.1 Å². The molecule has 0 aliphatic carbocycles. The molecule has 0 saturated heterocycles. The molecule has 1 heterocycles. The lowest BCUT2D eigenvalue weighted by atomic mass is 9.96. The first kappa shape index (κ1) is 24.3. The maximum Gasteiger partial charge on any atom is 0.335 e. The van der Waals surface area contributed by atoms with Crippen LogP contribution in [0.2, 0.25) is 0 Å². The van der Waals surface area contributed by atoms with Crippen LogP contribution in [0.15, 0.2) is 53.6 Å². The summed E-state index contributed by atoms with van der Waals surface area (Å²) >= 11 is 1.19. The number of carboxylic acids is 1. The summed E-state index contributed by atoms with van der Waals surface area (Å²) in [5, 5.41) is 31.6. The van der Waals surface area contributed by atoms with Crippen LogP contribution in [0.4, 0.5) is 11.5 Å². The SMILES string of the molecule is CCc1ccc(-c2c(C#N)c(N)nc(SCCC(=O)Nc3cccc(C(=O)O)c3)c2C#N)cc1. The van der Waals surface area contributed by atoms with E-state index in [9.17, 15) is 20.1 Å². The molecule has 8 nitrogen and oxygen atoms in total. The Labute approximate surface area is 201 Å². The van der Waals surface area contributed by atoms with Crippen molar-refractivity contribution in [1.82, 2.24) is 4.98 Å². The summed E-state index contributed by atoms with van der Waals surface area (Å²) in [6.07, 6.45) is 0.952. The summed E-state index contributed by atoms with van der Waals surface area (Å²) in [4.78, 5) is 27.7. The van der Waals surface area contributed by atoms with Gasteiger partial charge in [-0.05, 0) is 35.7 Å². The number of thioether (sulfide) groups is 1. The lowest BCUT2D eigenvalue weighted by Gasteiger charge is -2.13. The van der Waals surface area contributed by atoms with Crippen LogP contribution < -0.4 is 11.1 Å². The molecule has 3 aromatic rings. The number of carbonyl (C=O) groups excluding carboxylic acids is 1. The molecule has 34 heavy (non-hydrogen) atoms. The fraction of sp³-hybridized carbons (Fsp3) is 0.160. The minimum atomic E-state index is -1.08. The number of hydrogen-bond acceptors (Lipinski definition) is 7. The molecule has 0 radical (unpaired) electrons. The third-order valence-electron chi connectivity index (χ3n) is 5.03. The number of hydrogen-bond donors (Lipinski definition) is 3. The molecule has 0 aliphatic rings. The minimum Gasteiger partial charge on any atom is -0.478 e. The Morgan fingerprint density at radius 2 is 1.82 bits per heavy atom. The molecule has 0 spiro atoms. The molecular weight excluding hydrogens is 450 g/mol. The first-order valence-electron chi connectivity index (χ1n) is 10.4. The molecule has 0 aliphatic heterocycles. The van der Waals surface area contributed by atoms with E-state index in [4.69, 9.17) is 10.8 Å². The number of aryl methyl sites for hydroxylation is 1. The minimum absolute atomic E-state index is 0.0218. The number of aromatic carboxylic acids is 1. The Kier molecular flexibility index (Phi) is 7.86. The molecule has 1 amide bonds. The van der Waals surface area contributed by atoms with Gasteiger partial charge < -0.3 is 16.2 Å². The van der Waals surface area contributed by atoms with Crippen molar-refractivity contribution in [3.05, 3.63) is 70.8 Å². The van der Waals surface area contributed by atoms with Crippen LogP contribution in [-0.4, -0.2) is 27.7 Å². The Morgan fingerprint density at radius 3 is 2.44 bits per heavy atom. The van der Waals surface area contributed by atoms with E-state index in [1.54, 1.807) is 12.1 Å². The number of nitrogens with two attached hydrogens (primary N) is 1. The maximum absolute atomic E-state index is 12.3. The molecule has 0 fully saturated rings. The van der Waals surface area contributed by atoms with Gasteiger partial charge >= 0.3 is 5.97 Å². The van der Waals surface area contributed by atoms with Crippen molar-refractivity contribution in [2.45, 2.75) is 24.8 Å². The number of carboxylic acid groups (broad SMARTS) is 1. The number of pyridine rings is 1. The maximum atomic E-state index is 12.3. The number of anilines is 2. The monoisotopic (exact) mass is 471 g/mol. The summed E-state index contributed by atoms with van der Waals surface area (Å²) in [6, 6.07) is 17.7.